The lowest BCUT2D eigenvalue weighted by molar-refractivity contribution is -0.138. The predicted octanol–water partition coefficient (Wildman–Crippen LogP) is 4.73. The Morgan fingerprint density at radius 2 is 1.74 bits per heavy atom. The number of Topliss-reactive ketones (excluding diaryl/α,β-unsaturated/α-hetero) is 1. The normalized spacial score (nSPS) is 19.5. The molecule has 0 bridgehead atoms. The summed E-state index contributed by atoms with van der Waals surface area (Å²) >= 11 is 6.44. The topological polar surface area (TPSA) is 117 Å². The Morgan fingerprint density at radius 1 is 1.11 bits per heavy atom. The average molecular weight is 554 g/mol. The molecule has 1 aromatic heterocycles. The van der Waals surface area contributed by atoms with Crippen molar-refractivity contribution in [3.05, 3.63) is 51.6 Å². The Kier molecular flexibility index (Phi) is 8.15. The first kappa shape index (κ1) is 27.7. The molecule has 4 rings (SSSR count). The summed E-state index contributed by atoms with van der Waals surface area (Å²) in [4.78, 5) is 50.0. The molecule has 8 nitrogen and oxygen atoms in total. The highest BCUT2D eigenvalue weighted by Gasteiger charge is 2.36. The van der Waals surface area contributed by atoms with E-state index in [0.717, 1.165) is 25.7 Å². The number of aromatic nitrogens is 1. The van der Waals surface area contributed by atoms with Gasteiger partial charge >= 0.3 is 5.97 Å². The fraction of sp³-hybridized carbons (Fsp3) is 0.462. The van der Waals surface area contributed by atoms with E-state index < -0.39 is 41.0 Å². The molecule has 2 heterocycles. The van der Waals surface area contributed by atoms with Crippen molar-refractivity contribution in [2.24, 2.45) is 11.8 Å². The second-order valence-electron chi connectivity index (χ2n) is 9.92. The van der Waals surface area contributed by atoms with Gasteiger partial charge in [0, 0.05) is 42.5 Å². The summed E-state index contributed by atoms with van der Waals surface area (Å²) in [5, 5.41) is 13.7. The van der Waals surface area contributed by atoms with Crippen LogP contribution in [0.2, 0.25) is 5.02 Å². The molecule has 3 N–H and O–H groups in total. The summed E-state index contributed by atoms with van der Waals surface area (Å²) in [7, 11) is 0. The third-order valence-corrected chi connectivity index (χ3v) is 7.79. The van der Waals surface area contributed by atoms with E-state index in [4.69, 9.17) is 16.7 Å². The number of carboxylic acids is 1. The number of benzene rings is 1. The van der Waals surface area contributed by atoms with E-state index in [1.165, 1.54) is 4.57 Å². The molecule has 38 heavy (non-hydrogen) atoms. The van der Waals surface area contributed by atoms with Crippen molar-refractivity contribution in [3.63, 3.8) is 0 Å². The maximum Gasteiger partial charge on any atom is 0.303 e. The van der Waals surface area contributed by atoms with E-state index in [1.807, 2.05) is 0 Å². The van der Waals surface area contributed by atoms with Gasteiger partial charge in [0.15, 0.2) is 17.5 Å². The van der Waals surface area contributed by atoms with Gasteiger partial charge in [-0.15, -0.1) is 0 Å². The van der Waals surface area contributed by atoms with Crippen LogP contribution < -0.4 is 10.6 Å². The summed E-state index contributed by atoms with van der Waals surface area (Å²) in [5.74, 6) is -7.93. The van der Waals surface area contributed by atoms with Gasteiger partial charge in [-0.1, -0.05) is 11.6 Å². The summed E-state index contributed by atoms with van der Waals surface area (Å²) in [6.45, 7) is 2.14. The van der Waals surface area contributed by atoms with E-state index in [0.29, 0.717) is 37.2 Å². The summed E-state index contributed by atoms with van der Waals surface area (Å²) < 4.78 is 42.0. The molecule has 0 saturated heterocycles. The number of halogens is 4. The number of rotatable bonds is 8. The third-order valence-electron chi connectivity index (χ3n) is 7.42. The fourth-order valence-electron chi connectivity index (χ4n) is 5.46. The third kappa shape index (κ3) is 5.57. The molecular weight excluding hydrogens is 527 g/mol. The zero-order valence-corrected chi connectivity index (χ0v) is 21.3. The van der Waals surface area contributed by atoms with Crippen LogP contribution in [0, 0.1) is 29.3 Å². The van der Waals surface area contributed by atoms with Crippen LogP contribution in [0.25, 0.3) is 0 Å². The number of carbonyl (C=O) groups is 4. The molecule has 12 heteroatoms. The minimum atomic E-state index is -1.67. The van der Waals surface area contributed by atoms with Crippen molar-refractivity contribution in [1.29, 1.82) is 0 Å². The molecule has 1 saturated carbocycles. The van der Waals surface area contributed by atoms with Gasteiger partial charge in [0.05, 0.1) is 10.6 Å². The lowest BCUT2D eigenvalue weighted by Gasteiger charge is -2.32. The van der Waals surface area contributed by atoms with Gasteiger partial charge in [-0.05, 0) is 57.3 Å². The zero-order valence-electron chi connectivity index (χ0n) is 20.6. The molecule has 0 spiro atoms. The molecule has 2 aromatic rings. The zero-order chi connectivity index (χ0) is 27.7. The number of ketones is 1. The van der Waals surface area contributed by atoms with Crippen molar-refractivity contribution >= 4 is 40.9 Å². The second-order valence-corrected chi connectivity index (χ2v) is 10.3. The van der Waals surface area contributed by atoms with Crippen molar-refractivity contribution in [1.82, 2.24) is 9.88 Å². The molecule has 1 aliphatic carbocycles. The van der Waals surface area contributed by atoms with Crippen LogP contribution in [0.1, 0.15) is 72.0 Å². The van der Waals surface area contributed by atoms with Crippen LogP contribution in [0.15, 0.2) is 12.1 Å². The molecule has 1 fully saturated rings. The van der Waals surface area contributed by atoms with Crippen LogP contribution in [0.5, 0.6) is 0 Å². The minimum absolute atomic E-state index is 0.0862. The molecule has 2 aliphatic rings. The summed E-state index contributed by atoms with van der Waals surface area (Å²) in [5.41, 5.74) is -0.152. The van der Waals surface area contributed by atoms with Crippen LogP contribution >= 0.6 is 11.6 Å². The number of carbonyl (C=O) groups excluding carboxylic acids is 3. The van der Waals surface area contributed by atoms with Crippen LogP contribution in [0.4, 0.5) is 18.9 Å². The monoisotopic (exact) mass is 553 g/mol. The maximum absolute atomic E-state index is 13.6. The summed E-state index contributed by atoms with van der Waals surface area (Å²) in [6.07, 6.45) is 4.00. The molecule has 204 valence electrons. The Hall–Kier alpha value is -3.34. The molecule has 1 aromatic carbocycles. The number of carboxylic acid groups (broad SMARTS) is 1. The van der Waals surface area contributed by atoms with Crippen LogP contribution in [-0.4, -0.2) is 39.3 Å². The van der Waals surface area contributed by atoms with Crippen molar-refractivity contribution in [2.45, 2.75) is 64.5 Å². The Morgan fingerprint density at radius 3 is 2.34 bits per heavy atom. The van der Waals surface area contributed by atoms with Gasteiger partial charge in [-0.25, -0.2) is 13.2 Å². The van der Waals surface area contributed by atoms with E-state index in [-0.39, 0.29) is 46.3 Å². The molecular formula is C26H27ClF3N3O5. The van der Waals surface area contributed by atoms with Crippen LogP contribution in [0.3, 0.4) is 0 Å². The molecule has 1 aliphatic heterocycles. The first-order chi connectivity index (χ1) is 18.0. The van der Waals surface area contributed by atoms with Gasteiger partial charge in [0.2, 0.25) is 0 Å². The SMILES string of the molecule is C[C@H](NC(=O)C(=O)c1c(Cl)c(C(=O)Nc2cc(F)c(F)c(F)c2)c2n1CCC2)C1CCC(CC(=O)O)CC1. The highest BCUT2D eigenvalue weighted by molar-refractivity contribution is 6.48. The predicted molar refractivity (Wildman–Crippen MR) is 132 cm³/mol. The first-order valence-electron chi connectivity index (χ1n) is 12.4. The number of aliphatic carboxylic acids is 1. The Balaban J connectivity index is 1.48. The number of hydrogen-bond acceptors (Lipinski definition) is 4. The quantitative estimate of drug-likeness (QED) is 0.248. The van der Waals surface area contributed by atoms with Gasteiger partial charge in [-0.3, -0.25) is 19.2 Å². The van der Waals surface area contributed by atoms with E-state index in [9.17, 15) is 32.3 Å². The highest BCUT2D eigenvalue weighted by atomic mass is 35.5. The molecule has 1 atom stereocenters. The van der Waals surface area contributed by atoms with Crippen LogP contribution in [-0.2, 0) is 22.6 Å². The van der Waals surface area contributed by atoms with Gasteiger partial charge in [0.25, 0.3) is 17.6 Å². The lowest BCUT2D eigenvalue weighted by Crippen LogP contribution is -2.43. The molecule has 0 radical (unpaired) electrons. The van der Waals surface area contributed by atoms with Gasteiger partial charge in [-0.2, -0.15) is 0 Å². The fourth-order valence-corrected chi connectivity index (χ4v) is 5.84. The summed E-state index contributed by atoms with van der Waals surface area (Å²) in [6, 6.07) is 0.905. The molecule has 0 unspecified atom stereocenters. The Labute approximate surface area is 221 Å². The van der Waals surface area contributed by atoms with Gasteiger partial charge < -0.3 is 20.3 Å². The number of anilines is 1. The van der Waals surface area contributed by atoms with Crippen molar-refractivity contribution in [2.75, 3.05) is 5.32 Å². The average Bonchev–Trinajstić information content (AvgIpc) is 3.41. The van der Waals surface area contributed by atoms with Crippen molar-refractivity contribution < 1.29 is 37.5 Å². The Bertz CT molecular complexity index is 1280. The molecule has 2 amide bonds. The van der Waals surface area contributed by atoms with E-state index in [2.05, 4.69) is 10.6 Å². The van der Waals surface area contributed by atoms with E-state index in [1.54, 1.807) is 6.92 Å². The largest absolute Gasteiger partial charge is 0.481 e. The first-order valence-corrected chi connectivity index (χ1v) is 12.8. The van der Waals surface area contributed by atoms with Crippen molar-refractivity contribution in [3.8, 4) is 0 Å². The standard InChI is InChI=1S/C26H27ClF3N3O5/c1-12(14-6-4-13(5-7-14)9-19(34)35)31-26(38)24(36)23-21(27)20(18-3-2-8-33(18)23)25(37)32-15-10-16(28)22(30)17(29)11-15/h10-14H,2-9H2,1H3,(H,31,38)(H,32,37)(H,34,35)/t12-,13?,14?/m0/s1. The van der Waals surface area contributed by atoms with Gasteiger partial charge in [0.1, 0.15) is 5.69 Å². The maximum atomic E-state index is 13.6. The number of hydrogen-bond donors (Lipinski definition) is 3. The smallest absolute Gasteiger partial charge is 0.303 e. The number of nitrogens with one attached hydrogen (secondary N) is 2. The highest BCUT2D eigenvalue weighted by Crippen LogP contribution is 2.35. The number of fused-ring (bicyclic) bond motifs is 1. The second kappa shape index (κ2) is 11.2. The minimum Gasteiger partial charge on any atom is -0.481 e. The number of nitrogens with zero attached hydrogens (tertiary/aromatic N) is 1. The number of amides is 2. The lowest BCUT2D eigenvalue weighted by atomic mass is 9.77. The van der Waals surface area contributed by atoms with E-state index >= 15 is 0 Å².